The highest BCUT2D eigenvalue weighted by atomic mass is 16.5. The minimum atomic E-state index is -0.335. The number of benzene rings is 2. The molecule has 0 bridgehead atoms. The zero-order chi connectivity index (χ0) is 23.7. The van der Waals surface area contributed by atoms with E-state index in [-0.39, 0.29) is 17.7 Å². The van der Waals surface area contributed by atoms with Gasteiger partial charge in [-0.1, -0.05) is 35.5 Å². The van der Waals surface area contributed by atoms with Gasteiger partial charge in [0.05, 0.1) is 23.4 Å². The molecule has 0 saturated carbocycles. The van der Waals surface area contributed by atoms with E-state index < -0.39 is 0 Å². The molecular weight excluding hydrogens is 432 g/mol. The van der Waals surface area contributed by atoms with Crippen LogP contribution in [-0.4, -0.2) is 70.3 Å². The first kappa shape index (κ1) is 22.0. The molecule has 174 valence electrons. The lowest BCUT2D eigenvalue weighted by atomic mass is 10.0. The van der Waals surface area contributed by atoms with E-state index in [1.54, 1.807) is 23.1 Å². The summed E-state index contributed by atoms with van der Waals surface area (Å²) in [5.41, 5.74) is 3.02. The van der Waals surface area contributed by atoms with Crippen molar-refractivity contribution >= 4 is 17.7 Å². The molecule has 3 heterocycles. The third-order valence-corrected chi connectivity index (χ3v) is 6.40. The van der Waals surface area contributed by atoms with Crippen molar-refractivity contribution in [1.82, 2.24) is 19.9 Å². The normalized spacial score (nSPS) is 16.3. The van der Waals surface area contributed by atoms with Crippen molar-refractivity contribution < 1.29 is 18.9 Å². The van der Waals surface area contributed by atoms with Gasteiger partial charge in [-0.25, -0.2) is 0 Å². The second kappa shape index (κ2) is 9.23. The molecule has 0 unspecified atom stereocenters. The average molecular weight is 459 g/mol. The quantitative estimate of drug-likeness (QED) is 0.528. The van der Waals surface area contributed by atoms with Gasteiger partial charge in [0.15, 0.2) is 5.76 Å². The number of aryl methyl sites for hydroxylation is 1. The molecule has 3 amide bonds. The van der Waals surface area contributed by atoms with E-state index in [1.165, 1.54) is 4.90 Å². The summed E-state index contributed by atoms with van der Waals surface area (Å²) >= 11 is 0. The van der Waals surface area contributed by atoms with Crippen LogP contribution in [0, 0.1) is 6.92 Å². The van der Waals surface area contributed by atoms with Gasteiger partial charge in [0, 0.05) is 44.4 Å². The van der Waals surface area contributed by atoms with Crippen molar-refractivity contribution in [3.63, 3.8) is 0 Å². The molecule has 2 aliphatic rings. The van der Waals surface area contributed by atoms with Crippen LogP contribution in [0.4, 0.5) is 0 Å². The maximum Gasteiger partial charge on any atom is 0.261 e. The fourth-order valence-electron chi connectivity index (χ4n) is 4.52. The minimum Gasteiger partial charge on any atom is -0.360 e. The Bertz CT molecular complexity index is 1230. The number of amides is 3. The third kappa shape index (κ3) is 4.36. The number of imide groups is 1. The van der Waals surface area contributed by atoms with Gasteiger partial charge < -0.3 is 9.42 Å². The highest BCUT2D eigenvalue weighted by Gasteiger charge is 2.36. The topological polar surface area (TPSA) is 87.0 Å². The van der Waals surface area contributed by atoms with Crippen molar-refractivity contribution in [3.05, 3.63) is 88.3 Å². The number of fused-ring (bicyclic) bond motifs is 1. The molecule has 3 aromatic rings. The van der Waals surface area contributed by atoms with Crippen molar-refractivity contribution in [2.75, 3.05) is 32.7 Å². The van der Waals surface area contributed by atoms with Gasteiger partial charge in [-0.3, -0.25) is 24.2 Å². The monoisotopic (exact) mass is 458 g/mol. The van der Waals surface area contributed by atoms with Gasteiger partial charge >= 0.3 is 0 Å². The lowest BCUT2D eigenvalue weighted by molar-refractivity contribution is 0.0616. The summed E-state index contributed by atoms with van der Waals surface area (Å²) < 4.78 is 5.29. The molecule has 8 nitrogen and oxygen atoms in total. The highest BCUT2D eigenvalue weighted by molar-refractivity contribution is 6.22. The lowest BCUT2D eigenvalue weighted by Crippen LogP contribution is -2.48. The Morgan fingerprint density at radius 3 is 2.38 bits per heavy atom. The highest BCUT2D eigenvalue weighted by Crippen LogP contribution is 2.25. The maximum absolute atomic E-state index is 13.1. The summed E-state index contributed by atoms with van der Waals surface area (Å²) in [6, 6.07) is 16.5. The second-order valence-electron chi connectivity index (χ2n) is 8.76. The molecular formula is C26H26N4O4. The van der Waals surface area contributed by atoms with Gasteiger partial charge in [-0.15, -0.1) is 0 Å². The first-order valence-corrected chi connectivity index (χ1v) is 11.5. The summed E-state index contributed by atoms with van der Waals surface area (Å²) in [6.45, 7) is 5.48. The zero-order valence-corrected chi connectivity index (χ0v) is 19.1. The van der Waals surface area contributed by atoms with E-state index in [4.69, 9.17) is 4.52 Å². The number of rotatable bonds is 6. The van der Waals surface area contributed by atoms with E-state index >= 15 is 0 Å². The molecule has 1 fully saturated rings. The standard InChI is InChI=1S/C26H26N4O4/c1-18-15-21(34-27-18)17-28-11-13-29(14-12-28)24(31)20-7-8-22-23(16-20)26(33)30(25(22)32)10-9-19-5-3-2-4-6-19/h2-8,15-16H,9-14,17H2,1H3. The molecule has 2 aliphatic heterocycles. The zero-order valence-electron chi connectivity index (χ0n) is 19.1. The number of hydrogen-bond acceptors (Lipinski definition) is 6. The van der Waals surface area contributed by atoms with Gasteiger partial charge in [0.25, 0.3) is 17.7 Å². The van der Waals surface area contributed by atoms with Crippen LogP contribution in [0.15, 0.2) is 59.1 Å². The molecule has 34 heavy (non-hydrogen) atoms. The first-order valence-electron chi connectivity index (χ1n) is 11.5. The number of carbonyl (C=O) groups is 3. The fraction of sp³-hybridized carbons (Fsp3) is 0.308. The first-order chi connectivity index (χ1) is 16.5. The molecule has 0 atom stereocenters. The summed E-state index contributed by atoms with van der Waals surface area (Å²) in [5.74, 6) is 0.0563. The Hall–Kier alpha value is -3.78. The predicted octanol–water partition coefficient (Wildman–Crippen LogP) is 2.78. The molecule has 8 heteroatoms. The van der Waals surface area contributed by atoms with E-state index in [1.807, 2.05) is 43.3 Å². The summed E-state index contributed by atoms with van der Waals surface area (Å²) in [7, 11) is 0. The lowest BCUT2D eigenvalue weighted by Gasteiger charge is -2.34. The van der Waals surface area contributed by atoms with E-state index in [2.05, 4.69) is 10.1 Å². The number of aromatic nitrogens is 1. The van der Waals surface area contributed by atoms with Crippen LogP contribution in [0.3, 0.4) is 0 Å². The molecule has 0 aliphatic carbocycles. The molecule has 0 N–H and O–H groups in total. The fourth-order valence-corrected chi connectivity index (χ4v) is 4.52. The maximum atomic E-state index is 13.1. The van der Waals surface area contributed by atoms with Crippen LogP contribution in [0.5, 0.6) is 0 Å². The molecule has 1 aromatic heterocycles. The Morgan fingerprint density at radius 1 is 0.941 bits per heavy atom. The third-order valence-electron chi connectivity index (χ3n) is 6.40. The van der Waals surface area contributed by atoms with E-state index in [0.29, 0.717) is 49.3 Å². The van der Waals surface area contributed by atoms with Gasteiger partial charge in [0.2, 0.25) is 0 Å². The Kier molecular flexibility index (Phi) is 5.98. The molecule has 0 radical (unpaired) electrons. The number of hydrogen-bond donors (Lipinski definition) is 0. The van der Waals surface area contributed by atoms with Gasteiger partial charge in [-0.05, 0) is 37.1 Å². The smallest absolute Gasteiger partial charge is 0.261 e. The molecule has 1 saturated heterocycles. The number of carbonyl (C=O) groups excluding carboxylic acids is 3. The van der Waals surface area contributed by atoms with Crippen molar-refractivity contribution in [2.45, 2.75) is 19.9 Å². The summed E-state index contributed by atoms with van der Waals surface area (Å²) in [4.78, 5) is 44.2. The minimum absolute atomic E-state index is 0.124. The predicted molar refractivity (Wildman–Crippen MR) is 124 cm³/mol. The summed E-state index contributed by atoms with van der Waals surface area (Å²) in [5, 5.41) is 3.92. The van der Waals surface area contributed by atoms with Crippen molar-refractivity contribution in [1.29, 1.82) is 0 Å². The van der Waals surface area contributed by atoms with Crippen LogP contribution in [0.25, 0.3) is 0 Å². The van der Waals surface area contributed by atoms with Crippen molar-refractivity contribution in [2.24, 2.45) is 0 Å². The Morgan fingerprint density at radius 2 is 1.68 bits per heavy atom. The second-order valence-corrected chi connectivity index (χ2v) is 8.76. The molecule has 2 aromatic carbocycles. The molecule has 5 rings (SSSR count). The van der Waals surface area contributed by atoms with Gasteiger partial charge in [0.1, 0.15) is 0 Å². The van der Waals surface area contributed by atoms with E-state index in [0.717, 1.165) is 30.1 Å². The number of piperazine rings is 1. The van der Waals surface area contributed by atoms with Crippen LogP contribution < -0.4 is 0 Å². The van der Waals surface area contributed by atoms with Gasteiger partial charge in [-0.2, -0.15) is 0 Å². The van der Waals surface area contributed by atoms with Crippen LogP contribution in [0.1, 0.15) is 48.1 Å². The van der Waals surface area contributed by atoms with E-state index in [9.17, 15) is 14.4 Å². The van der Waals surface area contributed by atoms with Crippen LogP contribution in [0.2, 0.25) is 0 Å². The van der Waals surface area contributed by atoms with Crippen LogP contribution in [-0.2, 0) is 13.0 Å². The Balaban J connectivity index is 1.22. The molecule has 0 spiro atoms. The van der Waals surface area contributed by atoms with Crippen molar-refractivity contribution in [3.8, 4) is 0 Å². The van der Waals surface area contributed by atoms with Crippen LogP contribution >= 0.6 is 0 Å². The number of nitrogens with zero attached hydrogens (tertiary/aromatic N) is 4. The Labute approximate surface area is 197 Å². The average Bonchev–Trinajstić information content (AvgIpc) is 3.38. The summed E-state index contributed by atoms with van der Waals surface area (Å²) in [6.07, 6.45) is 0.593. The largest absolute Gasteiger partial charge is 0.360 e. The SMILES string of the molecule is Cc1cc(CN2CCN(C(=O)c3ccc4c(c3)C(=O)N(CCc3ccccc3)C4=O)CC2)on1.